The molecule has 0 bridgehead atoms. The van der Waals surface area contributed by atoms with Crippen LogP contribution in [0, 0.1) is 5.92 Å². The molecule has 1 unspecified atom stereocenters. The fraction of sp³-hybridized carbons (Fsp3) is 0.360. The first kappa shape index (κ1) is 24.6. The van der Waals surface area contributed by atoms with Gasteiger partial charge in [0.1, 0.15) is 11.6 Å². The number of ketones is 1. The normalized spacial score (nSPS) is 19.1. The molecule has 10 heteroatoms. The van der Waals surface area contributed by atoms with Gasteiger partial charge in [0.05, 0.1) is 16.2 Å². The van der Waals surface area contributed by atoms with E-state index in [1.54, 1.807) is 56.3 Å². The van der Waals surface area contributed by atoms with E-state index in [0.29, 0.717) is 11.1 Å². The van der Waals surface area contributed by atoms with Crippen molar-refractivity contribution >= 4 is 38.5 Å². The number of carbonyl (C=O) groups excluding carboxylic acids is 3. The number of fused-ring (bicyclic) bond motifs is 1. The molecule has 2 amide bonds. The third-order valence-electron chi connectivity index (χ3n) is 6.23. The molecule has 0 saturated carbocycles. The fourth-order valence-electron chi connectivity index (χ4n) is 4.32. The molecule has 3 aromatic rings. The van der Waals surface area contributed by atoms with Gasteiger partial charge in [0.2, 0.25) is 17.6 Å². The zero-order valence-electron chi connectivity index (χ0n) is 19.7. The fourth-order valence-corrected chi connectivity index (χ4v) is 6.03. The Kier molecular flexibility index (Phi) is 6.75. The van der Waals surface area contributed by atoms with E-state index in [2.05, 4.69) is 10.3 Å². The van der Waals surface area contributed by atoms with Gasteiger partial charge in [-0.15, -0.1) is 0 Å². The number of sulfone groups is 1. The highest BCUT2D eigenvalue weighted by Crippen LogP contribution is 2.29. The van der Waals surface area contributed by atoms with Crippen molar-refractivity contribution in [3.05, 3.63) is 60.5 Å². The number of oxazole rings is 1. The Bertz CT molecular complexity index is 1330. The lowest BCUT2D eigenvalue weighted by molar-refractivity contribution is -0.137. The van der Waals surface area contributed by atoms with E-state index in [9.17, 15) is 22.8 Å². The van der Waals surface area contributed by atoms with Gasteiger partial charge in [-0.2, -0.15) is 0 Å². The number of nitrogens with zero attached hydrogens (tertiary/aromatic N) is 2. The molecule has 184 valence electrons. The Balaban J connectivity index is 1.56. The SMILES string of the molecule is CC(=O)N1C[C@H](S(=O)(=O)c2ccccc2)C[C@H]1C(=O)NC(C(=O)c1nc2ccccc2o1)C(C)C. The van der Waals surface area contributed by atoms with Crippen LogP contribution >= 0.6 is 0 Å². The summed E-state index contributed by atoms with van der Waals surface area (Å²) < 4.78 is 31.9. The average Bonchev–Trinajstić information content (AvgIpc) is 3.48. The van der Waals surface area contributed by atoms with Crippen molar-refractivity contribution in [3.63, 3.8) is 0 Å². The zero-order chi connectivity index (χ0) is 25.3. The number of Topliss-reactive ketones (excluding diaryl/α,β-unsaturated/α-hetero) is 1. The van der Waals surface area contributed by atoms with Crippen molar-refractivity contribution in [3.8, 4) is 0 Å². The Morgan fingerprint density at radius 1 is 1.06 bits per heavy atom. The summed E-state index contributed by atoms with van der Waals surface area (Å²) >= 11 is 0. The lowest BCUT2D eigenvalue weighted by atomic mass is 9.99. The Hall–Kier alpha value is -3.53. The second-order valence-electron chi connectivity index (χ2n) is 8.98. The molecule has 2 heterocycles. The predicted octanol–water partition coefficient (Wildman–Crippen LogP) is 2.61. The van der Waals surface area contributed by atoms with Gasteiger partial charge in [0, 0.05) is 13.5 Å². The van der Waals surface area contributed by atoms with Gasteiger partial charge in [-0.25, -0.2) is 13.4 Å². The summed E-state index contributed by atoms with van der Waals surface area (Å²) in [5.41, 5.74) is 0.981. The van der Waals surface area contributed by atoms with E-state index in [1.165, 1.54) is 24.0 Å². The second kappa shape index (κ2) is 9.61. The number of hydrogen-bond donors (Lipinski definition) is 1. The van der Waals surface area contributed by atoms with Crippen molar-refractivity contribution < 1.29 is 27.2 Å². The van der Waals surface area contributed by atoms with Crippen LogP contribution in [0.1, 0.15) is 37.9 Å². The molecule has 1 saturated heterocycles. The Morgan fingerprint density at radius 2 is 1.71 bits per heavy atom. The number of hydrogen-bond acceptors (Lipinski definition) is 7. The third-order valence-corrected chi connectivity index (χ3v) is 8.38. The van der Waals surface area contributed by atoms with Crippen molar-refractivity contribution in [1.29, 1.82) is 0 Å². The van der Waals surface area contributed by atoms with Gasteiger partial charge < -0.3 is 14.6 Å². The Labute approximate surface area is 203 Å². The number of benzene rings is 2. The molecular formula is C25H27N3O6S. The van der Waals surface area contributed by atoms with Crippen LogP contribution in [-0.2, 0) is 19.4 Å². The summed E-state index contributed by atoms with van der Waals surface area (Å²) in [7, 11) is -3.76. The zero-order valence-corrected chi connectivity index (χ0v) is 20.5. The number of carbonyl (C=O) groups is 3. The van der Waals surface area contributed by atoms with E-state index in [4.69, 9.17) is 4.42 Å². The third kappa shape index (κ3) is 4.84. The number of amides is 2. The highest BCUT2D eigenvalue weighted by molar-refractivity contribution is 7.92. The molecule has 3 atom stereocenters. The highest BCUT2D eigenvalue weighted by Gasteiger charge is 2.45. The predicted molar refractivity (Wildman–Crippen MR) is 128 cm³/mol. The van der Waals surface area contributed by atoms with Gasteiger partial charge in [-0.1, -0.05) is 44.2 Å². The van der Waals surface area contributed by atoms with E-state index < -0.39 is 44.8 Å². The summed E-state index contributed by atoms with van der Waals surface area (Å²) in [4.78, 5) is 44.4. The Morgan fingerprint density at radius 3 is 2.34 bits per heavy atom. The highest BCUT2D eigenvalue weighted by atomic mass is 32.2. The number of likely N-dealkylation sites (tertiary alicyclic amines) is 1. The average molecular weight is 498 g/mol. The van der Waals surface area contributed by atoms with E-state index >= 15 is 0 Å². The lowest BCUT2D eigenvalue weighted by Gasteiger charge is -2.26. The first-order valence-corrected chi connectivity index (χ1v) is 12.9. The molecule has 0 radical (unpaired) electrons. The minimum absolute atomic E-state index is 0.0649. The molecule has 1 aliphatic heterocycles. The van der Waals surface area contributed by atoms with Crippen LogP contribution in [0.15, 0.2) is 63.9 Å². The summed E-state index contributed by atoms with van der Waals surface area (Å²) in [5, 5.41) is 1.79. The number of nitrogens with one attached hydrogen (secondary N) is 1. The maximum Gasteiger partial charge on any atom is 0.266 e. The van der Waals surface area contributed by atoms with E-state index in [0.717, 1.165) is 0 Å². The maximum atomic E-state index is 13.3. The molecule has 4 rings (SSSR count). The van der Waals surface area contributed by atoms with Crippen LogP contribution < -0.4 is 5.32 Å². The molecule has 1 aromatic heterocycles. The van der Waals surface area contributed by atoms with Crippen LogP contribution in [-0.4, -0.2) is 59.8 Å². The molecular weight excluding hydrogens is 470 g/mol. The first-order valence-electron chi connectivity index (χ1n) is 11.4. The van der Waals surface area contributed by atoms with Gasteiger partial charge in [0.15, 0.2) is 15.4 Å². The molecule has 35 heavy (non-hydrogen) atoms. The van der Waals surface area contributed by atoms with Gasteiger partial charge in [-0.05, 0) is 36.6 Å². The minimum atomic E-state index is -3.76. The van der Waals surface area contributed by atoms with Crippen molar-refractivity contribution in [1.82, 2.24) is 15.2 Å². The van der Waals surface area contributed by atoms with Crippen LogP contribution in [0.3, 0.4) is 0 Å². The smallest absolute Gasteiger partial charge is 0.266 e. The van der Waals surface area contributed by atoms with Crippen LogP contribution in [0.4, 0.5) is 0 Å². The maximum absolute atomic E-state index is 13.3. The topological polar surface area (TPSA) is 127 Å². The number of para-hydroxylation sites is 2. The largest absolute Gasteiger partial charge is 0.434 e. The molecule has 1 N–H and O–H groups in total. The van der Waals surface area contributed by atoms with Crippen LogP contribution in [0.2, 0.25) is 0 Å². The monoisotopic (exact) mass is 497 g/mol. The number of aromatic nitrogens is 1. The molecule has 0 spiro atoms. The van der Waals surface area contributed by atoms with E-state index in [-0.39, 0.29) is 29.7 Å². The van der Waals surface area contributed by atoms with Gasteiger partial charge in [0.25, 0.3) is 5.89 Å². The standard InChI is InChI=1S/C25H27N3O6S/c1-15(2)22(23(30)25-26-19-11-7-8-12-21(19)34-25)27-24(31)20-13-18(14-28(20)16(3)29)35(32,33)17-9-5-4-6-10-17/h4-12,15,18,20,22H,13-14H2,1-3H3,(H,27,31)/t18-,20+,22?/m1/s1. The lowest BCUT2D eigenvalue weighted by Crippen LogP contribution is -2.52. The van der Waals surface area contributed by atoms with Gasteiger partial charge >= 0.3 is 0 Å². The van der Waals surface area contributed by atoms with Crippen molar-refractivity contribution in [2.75, 3.05) is 6.54 Å². The van der Waals surface area contributed by atoms with Crippen molar-refractivity contribution in [2.24, 2.45) is 5.92 Å². The number of rotatable bonds is 7. The van der Waals surface area contributed by atoms with Crippen molar-refractivity contribution in [2.45, 2.75) is 49.4 Å². The summed E-state index contributed by atoms with van der Waals surface area (Å²) in [6, 6.07) is 12.9. The molecule has 2 aromatic carbocycles. The van der Waals surface area contributed by atoms with Gasteiger partial charge in [-0.3, -0.25) is 14.4 Å². The van der Waals surface area contributed by atoms with E-state index in [1.807, 2.05) is 0 Å². The van der Waals surface area contributed by atoms with Crippen LogP contribution in [0.5, 0.6) is 0 Å². The molecule has 1 fully saturated rings. The molecule has 0 aliphatic carbocycles. The molecule has 1 aliphatic rings. The summed E-state index contributed by atoms with van der Waals surface area (Å²) in [5.74, 6) is -1.93. The molecule has 9 nitrogen and oxygen atoms in total. The first-order chi connectivity index (χ1) is 16.6. The second-order valence-corrected chi connectivity index (χ2v) is 11.2. The summed E-state index contributed by atoms with van der Waals surface area (Å²) in [6.45, 7) is 4.73. The summed E-state index contributed by atoms with van der Waals surface area (Å²) in [6.07, 6.45) is -0.0649. The quantitative estimate of drug-likeness (QED) is 0.497. The minimum Gasteiger partial charge on any atom is -0.434 e. The van der Waals surface area contributed by atoms with Crippen LogP contribution in [0.25, 0.3) is 11.1 Å².